The maximum absolute atomic E-state index is 13.0. The molecule has 0 saturated carbocycles. The predicted molar refractivity (Wildman–Crippen MR) is 86.2 cm³/mol. The highest BCUT2D eigenvalue weighted by Gasteiger charge is 2.57. The molecular weight excluding hydrogens is 292 g/mol. The Balaban J connectivity index is 1.90. The molecule has 0 radical (unpaired) electrons. The fourth-order valence-corrected chi connectivity index (χ4v) is 4.29. The Kier molecular flexibility index (Phi) is 3.13. The summed E-state index contributed by atoms with van der Waals surface area (Å²) < 4.78 is 5.73. The standard InChI is InChI=1S/C19H20O4/c1-3-9-7-11(20)8-10(4-2)14(9)17-18(21)15-12-5-6-13(23-12)16(15)19(17)22/h5-8,12-13,15-16,20-21H,3-4H2,1-2H3. The Morgan fingerprint density at radius 2 is 1.57 bits per heavy atom. The summed E-state index contributed by atoms with van der Waals surface area (Å²) in [5.41, 5.74) is 3.05. The molecule has 0 amide bonds. The van der Waals surface area contributed by atoms with Crippen LogP contribution in [-0.4, -0.2) is 28.2 Å². The average molecular weight is 312 g/mol. The molecule has 2 heterocycles. The van der Waals surface area contributed by atoms with E-state index >= 15 is 0 Å². The van der Waals surface area contributed by atoms with Crippen molar-refractivity contribution < 1.29 is 19.7 Å². The molecule has 120 valence electrons. The smallest absolute Gasteiger partial charge is 0.173 e. The van der Waals surface area contributed by atoms with E-state index in [-0.39, 0.29) is 41.3 Å². The Bertz CT molecular complexity index is 734. The number of phenols is 1. The number of aliphatic hydroxyl groups is 1. The molecular formula is C19H20O4. The van der Waals surface area contributed by atoms with Gasteiger partial charge in [0.1, 0.15) is 11.5 Å². The molecule has 23 heavy (non-hydrogen) atoms. The predicted octanol–water partition coefficient (Wildman–Crippen LogP) is 2.94. The number of phenolic OH excluding ortho intramolecular Hbond substituents is 1. The van der Waals surface area contributed by atoms with Gasteiger partial charge in [-0.05, 0) is 41.7 Å². The van der Waals surface area contributed by atoms with Crippen molar-refractivity contribution in [2.45, 2.75) is 38.9 Å². The highest BCUT2D eigenvalue weighted by Crippen LogP contribution is 2.51. The molecule has 1 fully saturated rings. The number of aliphatic hydroxyl groups excluding tert-OH is 1. The van der Waals surface area contributed by atoms with Gasteiger partial charge in [0.25, 0.3) is 0 Å². The summed E-state index contributed by atoms with van der Waals surface area (Å²) in [5.74, 6) is -0.219. The number of ether oxygens (including phenoxy) is 1. The molecule has 1 aliphatic carbocycles. The fraction of sp³-hybridized carbons (Fsp3) is 0.421. The molecule has 2 N–H and O–H groups in total. The molecule has 1 saturated heterocycles. The number of allylic oxidation sites excluding steroid dienone is 1. The third-order valence-electron chi connectivity index (χ3n) is 5.32. The summed E-state index contributed by atoms with van der Waals surface area (Å²) in [6.07, 6.45) is 4.84. The van der Waals surface area contributed by atoms with E-state index in [2.05, 4.69) is 0 Å². The first kappa shape index (κ1) is 14.5. The monoisotopic (exact) mass is 312 g/mol. The number of fused-ring (bicyclic) bond motifs is 5. The van der Waals surface area contributed by atoms with Crippen LogP contribution < -0.4 is 0 Å². The molecule has 4 unspecified atom stereocenters. The third-order valence-corrected chi connectivity index (χ3v) is 5.32. The van der Waals surface area contributed by atoms with E-state index in [0.29, 0.717) is 18.4 Å². The molecule has 4 atom stereocenters. The van der Waals surface area contributed by atoms with Gasteiger partial charge in [-0.2, -0.15) is 0 Å². The second-order valence-corrected chi connectivity index (χ2v) is 6.47. The lowest BCUT2D eigenvalue weighted by Crippen LogP contribution is -2.26. The highest BCUT2D eigenvalue weighted by atomic mass is 16.5. The molecule has 0 aromatic heterocycles. The van der Waals surface area contributed by atoms with Crippen LogP contribution in [0.25, 0.3) is 5.57 Å². The van der Waals surface area contributed by atoms with Gasteiger partial charge in [-0.1, -0.05) is 26.0 Å². The van der Waals surface area contributed by atoms with Gasteiger partial charge in [-0.25, -0.2) is 0 Å². The summed E-state index contributed by atoms with van der Waals surface area (Å²) >= 11 is 0. The van der Waals surface area contributed by atoms with Gasteiger partial charge >= 0.3 is 0 Å². The molecule has 2 aliphatic heterocycles. The van der Waals surface area contributed by atoms with Gasteiger partial charge in [0, 0.05) is 0 Å². The summed E-state index contributed by atoms with van der Waals surface area (Å²) in [6, 6.07) is 3.39. The molecule has 3 aliphatic rings. The van der Waals surface area contributed by atoms with Gasteiger partial charge in [0.2, 0.25) is 0 Å². The first-order valence-corrected chi connectivity index (χ1v) is 8.23. The summed E-state index contributed by atoms with van der Waals surface area (Å²) in [4.78, 5) is 13.0. The first-order valence-electron chi connectivity index (χ1n) is 8.23. The number of carbonyl (C=O) groups excluding carboxylic acids is 1. The number of carbonyl (C=O) groups is 1. The largest absolute Gasteiger partial charge is 0.511 e. The van der Waals surface area contributed by atoms with Crippen LogP contribution >= 0.6 is 0 Å². The van der Waals surface area contributed by atoms with Crippen molar-refractivity contribution >= 4 is 11.4 Å². The zero-order valence-electron chi connectivity index (χ0n) is 13.2. The minimum absolute atomic E-state index is 0.0283. The van der Waals surface area contributed by atoms with Crippen LogP contribution in [-0.2, 0) is 22.4 Å². The van der Waals surface area contributed by atoms with E-state index in [1.54, 1.807) is 12.1 Å². The van der Waals surface area contributed by atoms with Crippen molar-refractivity contribution in [2.75, 3.05) is 0 Å². The average Bonchev–Trinajstić information content (AvgIpc) is 3.21. The quantitative estimate of drug-likeness (QED) is 0.842. The van der Waals surface area contributed by atoms with Crippen LogP contribution in [0.5, 0.6) is 5.75 Å². The second-order valence-electron chi connectivity index (χ2n) is 6.47. The lowest BCUT2D eigenvalue weighted by atomic mass is 9.83. The van der Waals surface area contributed by atoms with E-state index in [4.69, 9.17) is 4.74 Å². The van der Waals surface area contributed by atoms with Crippen molar-refractivity contribution in [3.8, 4) is 5.75 Å². The molecule has 1 aromatic rings. The van der Waals surface area contributed by atoms with E-state index in [9.17, 15) is 15.0 Å². The number of ketones is 1. The van der Waals surface area contributed by atoms with E-state index in [1.165, 1.54) is 0 Å². The third kappa shape index (κ3) is 1.84. The lowest BCUT2D eigenvalue weighted by molar-refractivity contribution is -0.118. The Hall–Kier alpha value is -2.07. The van der Waals surface area contributed by atoms with E-state index in [1.807, 2.05) is 26.0 Å². The van der Waals surface area contributed by atoms with Crippen molar-refractivity contribution in [2.24, 2.45) is 11.8 Å². The van der Waals surface area contributed by atoms with E-state index in [0.717, 1.165) is 16.7 Å². The SMILES string of the molecule is CCc1cc(O)cc(CC)c1C1=C(O)C2C3C=CC(O3)C2C1=O. The zero-order chi connectivity index (χ0) is 16.3. The number of hydrogen-bond donors (Lipinski definition) is 2. The van der Waals surface area contributed by atoms with Gasteiger partial charge < -0.3 is 14.9 Å². The van der Waals surface area contributed by atoms with Crippen LogP contribution in [0, 0.1) is 11.8 Å². The Labute approximate surface area is 135 Å². The Morgan fingerprint density at radius 3 is 2.09 bits per heavy atom. The molecule has 0 spiro atoms. The first-order chi connectivity index (χ1) is 11.1. The lowest BCUT2D eigenvalue weighted by Gasteiger charge is -2.16. The maximum Gasteiger partial charge on any atom is 0.173 e. The highest BCUT2D eigenvalue weighted by molar-refractivity contribution is 6.26. The fourth-order valence-electron chi connectivity index (χ4n) is 4.29. The van der Waals surface area contributed by atoms with Crippen LogP contribution in [0.1, 0.15) is 30.5 Å². The zero-order valence-corrected chi connectivity index (χ0v) is 13.2. The number of aromatic hydroxyl groups is 1. The van der Waals surface area contributed by atoms with Gasteiger partial charge in [-0.3, -0.25) is 4.79 Å². The number of hydrogen-bond acceptors (Lipinski definition) is 4. The van der Waals surface area contributed by atoms with Crippen LogP contribution in [0.3, 0.4) is 0 Å². The number of benzene rings is 1. The van der Waals surface area contributed by atoms with Crippen molar-refractivity contribution in [3.63, 3.8) is 0 Å². The van der Waals surface area contributed by atoms with Crippen LogP contribution in [0.15, 0.2) is 30.0 Å². The summed E-state index contributed by atoms with van der Waals surface area (Å²) in [7, 11) is 0. The van der Waals surface area contributed by atoms with Crippen molar-refractivity contribution in [1.29, 1.82) is 0 Å². The van der Waals surface area contributed by atoms with Gasteiger partial charge in [0.15, 0.2) is 5.78 Å². The maximum atomic E-state index is 13.0. The van der Waals surface area contributed by atoms with Gasteiger partial charge in [0.05, 0.1) is 29.6 Å². The summed E-state index contributed by atoms with van der Waals surface area (Å²) in [6.45, 7) is 3.98. The molecule has 2 bridgehead atoms. The Morgan fingerprint density at radius 1 is 1.00 bits per heavy atom. The van der Waals surface area contributed by atoms with Crippen LogP contribution in [0.4, 0.5) is 0 Å². The van der Waals surface area contributed by atoms with Gasteiger partial charge in [-0.15, -0.1) is 0 Å². The number of rotatable bonds is 3. The van der Waals surface area contributed by atoms with Crippen LogP contribution in [0.2, 0.25) is 0 Å². The van der Waals surface area contributed by atoms with E-state index < -0.39 is 0 Å². The molecule has 4 heteroatoms. The topological polar surface area (TPSA) is 66.8 Å². The summed E-state index contributed by atoms with van der Waals surface area (Å²) in [5, 5.41) is 20.7. The second kappa shape index (κ2) is 4.96. The number of aryl methyl sites for hydroxylation is 2. The molecule has 1 aromatic carbocycles. The molecule has 4 nitrogen and oxygen atoms in total. The number of Topliss-reactive ketones (excluding diaryl/α,β-unsaturated/α-hetero) is 1. The van der Waals surface area contributed by atoms with Crippen molar-refractivity contribution in [3.05, 3.63) is 46.7 Å². The normalized spacial score (nSPS) is 31.3. The molecule has 4 rings (SSSR count). The minimum Gasteiger partial charge on any atom is -0.511 e. The minimum atomic E-state index is -0.303. The van der Waals surface area contributed by atoms with Crippen molar-refractivity contribution in [1.82, 2.24) is 0 Å².